The number of rotatable bonds is 2. The van der Waals surface area contributed by atoms with Crippen LogP contribution in [0.1, 0.15) is 44.3 Å². The lowest BCUT2D eigenvalue weighted by Gasteiger charge is -2.23. The molecule has 2 unspecified atom stereocenters. The van der Waals surface area contributed by atoms with Gasteiger partial charge in [0.05, 0.1) is 5.69 Å². The Labute approximate surface area is 117 Å². The normalized spacial score (nSPS) is 22.9. The largest absolute Gasteiger partial charge is 0.506 e. The maximum atomic E-state index is 9.44. The lowest BCUT2D eigenvalue weighted by Crippen LogP contribution is -2.12. The molecule has 1 aliphatic carbocycles. The first-order chi connectivity index (χ1) is 9.63. The van der Waals surface area contributed by atoms with Gasteiger partial charge in [-0.05, 0) is 37.0 Å². The summed E-state index contributed by atoms with van der Waals surface area (Å²) in [5, 5.41) is 13.6. The fourth-order valence-electron chi connectivity index (χ4n) is 2.87. The first kappa shape index (κ1) is 13.0. The van der Waals surface area contributed by atoms with Gasteiger partial charge in [-0.15, -0.1) is 0 Å². The zero-order valence-electron chi connectivity index (χ0n) is 11.5. The number of anilines is 1. The molecule has 106 valence electrons. The summed E-state index contributed by atoms with van der Waals surface area (Å²) in [5.41, 5.74) is 6.74. The maximum Gasteiger partial charge on any atom is 0.258 e. The van der Waals surface area contributed by atoms with Crippen LogP contribution < -0.4 is 5.73 Å². The zero-order chi connectivity index (χ0) is 14.1. The monoisotopic (exact) mass is 273 g/mol. The lowest BCUT2D eigenvalue weighted by molar-refractivity contribution is 0.324. The average Bonchev–Trinajstić information content (AvgIpc) is 2.92. The standard InChI is InChI=1S/C15H19N3O2/c1-9-3-2-4-10(7-9)14-17-15(20-18-14)11-5-6-13(19)12(16)8-11/h5-6,8-10,19H,2-4,7,16H2,1H3. The van der Waals surface area contributed by atoms with Crippen molar-refractivity contribution in [3.05, 3.63) is 24.0 Å². The third-order valence-corrected chi connectivity index (χ3v) is 4.02. The van der Waals surface area contributed by atoms with E-state index < -0.39 is 0 Å². The van der Waals surface area contributed by atoms with E-state index in [-0.39, 0.29) is 5.75 Å². The average molecular weight is 273 g/mol. The van der Waals surface area contributed by atoms with Gasteiger partial charge in [0, 0.05) is 11.5 Å². The highest BCUT2D eigenvalue weighted by Gasteiger charge is 2.24. The van der Waals surface area contributed by atoms with Crippen LogP contribution in [-0.4, -0.2) is 15.2 Å². The number of phenolic OH excluding ortho intramolecular Hbond substituents is 1. The molecule has 1 saturated carbocycles. The van der Waals surface area contributed by atoms with E-state index in [2.05, 4.69) is 17.1 Å². The Morgan fingerprint density at radius 2 is 2.20 bits per heavy atom. The predicted octanol–water partition coefficient (Wildman–Crippen LogP) is 3.32. The fraction of sp³-hybridized carbons (Fsp3) is 0.467. The summed E-state index contributed by atoms with van der Waals surface area (Å²) in [4.78, 5) is 4.49. The minimum absolute atomic E-state index is 0.0644. The van der Waals surface area contributed by atoms with Gasteiger partial charge in [-0.1, -0.05) is 24.9 Å². The summed E-state index contributed by atoms with van der Waals surface area (Å²) in [6.45, 7) is 2.27. The molecule has 0 spiro atoms. The molecule has 1 heterocycles. The molecule has 2 aromatic rings. The van der Waals surface area contributed by atoms with E-state index in [0.717, 1.165) is 30.1 Å². The summed E-state index contributed by atoms with van der Waals surface area (Å²) < 4.78 is 5.34. The summed E-state index contributed by atoms with van der Waals surface area (Å²) in [6, 6.07) is 4.92. The van der Waals surface area contributed by atoms with Crippen LogP contribution in [0.2, 0.25) is 0 Å². The van der Waals surface area contributed by atoms with E-state index >= 15 is 0 Å². The Bertz CT molecular complexity index is 609. The van der Waals surface area contributed by atoms with Crippen LogP contribution in [0.5, 0.6) is 5.75 Å². The van der Waals surface area contributed by atoms with E-state index in [0.29, 0.717) is 17.5 Å². The molecule has 1 aromatic carbocycles. The number of nitrogens with two attached hydrogens (primary N) is 1. The van der Waals surface area contributed by atoms with Crippen LogP contribution in [0, 0.1) is 5.92 Å². The van der Waals surface area contributed by atoms with Crippen LogP contribution >= 0.6 is 0 Å². The van der Waals surface area contributed by atoms with Crippen molar-refractivity contribution in [3.63, 3.8) is 0 Å². The van der Waals surface area contributed by atoms with Crippen LogP contribution in [0.4, 0.5) is 5.69 Å². The van der Waals surface area contributed by atoms with Gasteiger partial charge >= 0.3 is 0 Å². The summed E-state index contributed by atoms with van der Waals surface area (Å²) in [6.07, 6.45) is 4.76. The van der Waals surface area contributed by atoms with E-state index in [1.54, 1.807) is 12.1 Å². The molecule has 0 radical (unpaired) electrons. The highest BCUT2D eigenvalue weighted by Crippen LogP contribution is 2.35. The molecule has 5 heteroatoms. The highest BCUT2D eigenvalue weighted by atomic mass is 16.5. The number of hydrogen-bond donors (Lipinski definition) is 2. The number of nitrogen functional groups attached to an aromatic ring is 1. The molecule has 1 aliphatic rings. The number of aromatic hydroxyl groups is 1. The molecule has 3 N–H and O–H groups in total. The smallest absolute Gasteiger partial charge is 0.258 e. The summed E-state index contributed by atoms with van der Waals surface area (Å²) >= 11 is 0. The highest BCUT2D eigenvalue weighted by molar-refractivity contribution is 5.64. The molecule has 3 rings (SSSR count). The van der Waals surface area contributed by atoms with E-state index in [4.69, 9.17) is 10.3 Å². The maximum absolute atomic E-state index is 9.44. The molecule has 1 aromatic heterocycles. The minimum Gasteiger partial charge on any atom is -0.506 e. The number of phenols is 1. The Balaban J connectivity index is 1.84. The molecule has 0 saturated heterocycles. The number of benzene rings is 1. The Hall–Kier alpha value is -2.04. The van der Waals surface area contributed by atoms with Crippen molar-refractivity contribution in [2.45, 2.75) is 38.5 Å². The van der Waals surface area contributed by atoms with Crippen molar-refractivity contribution in [3.8, 4) is 17.2 Å². The van der Waals surface area contributed by atoms with Crippen LogP contribution in [0.3, 0.4) is 0 Å². The molecular weight excluding hydrogens is 254 g/mol. The van der Waals surface area contributed by atoms with Crippen LogP contribution in [0.25, 0.3) is 11.5 Å². The minimum atomic E-state index is 0.0644. The Morgan fingerprint density at radius 1 is 1.35 bits per heavy atom. The second kappa shape index (κ2) is 5.15. The predicted molar refractivity (Wildman–Crippen MR) is 76.2 cm³/mol. The molecule has 0 bridgehead atoms. The molecule has 1 fully saturated rings. The topological polar surface area (TPSA) is 85.2 Å². The van der Waals surface area contributed by atoms with Crippen molar-refractivity contribution in [2.24, 2.45) is 5.92 Å². The first-order valence-electron chi connectivity index (χ1n) is 7.06. The van der Waals surface area contributed by atoms with Crippen molar-refractivity contribution < 1.29 is 9.63 Å². The summed E-state index contributed by atoms with van der Waals surface area (Å²) in [7, 11) is 0. The van der Waals surface area contributed by atoms with E-state index in [9.17, 15) is 5.11 Å². The van der Waals surface area contributed by atoms with E-state index in [1.807, 2.05) is 0 Å². The van der Waals surface area contributed by atoms with Gasteiger partial charge in [0.2, 0.25) is 0 Å². The Morgan fingerprint density at radius 3 is 2.95 bits per heavy atom. The summed E-state index contributed by atoms with van der Waals surface area (Å²) in [5.74, 6) is 2.43. The quantitative estimate of drug-likeness (QED) is 0.647. The molecule has 0 aliphatic heterocycles. The fourth-order valence-corrected chi connectivity index (χ4v) is 2.87. The Kier molecular flexibility index (Phi) is 3.34. The molecule has 0 amide bonds. The third kappa shape index (κ3) is 2.48. The molecule has 5 nitrogen and oxygen atoms in total. The van der Waals surface area contributed by atoms with Crippen molar-refractivity contribution >= 4 is 5.69 Å². The van der Waals surface area contributed by atoms with Crippen LogP contribution in [-0.2, 0) is 0 Å². The van der Waals surface area contributed by atoms with Crippen molar-refractivity contribution in [2.75, 3.05) is 5.73 Å². The van der Waals surface area contributed by atoms with Gasteiger partial charge in [-0.3, -0.25) is 0 Å². The second-order valence-electron chi connectivity index (χ2n) is 5.70. The van der Waals surface area contributed by atoms with E-state index in [1.165, 1.54) is 18.9 Å². The van der Waals surface area contributed by atoms with Gasteiger partial charge in [0.25, 0.3) is 5.89 Å². The zero-order valence-corrected chi connectivity index (χ0v) is 11.5. The molecule has 20 heavy (non-hydrogen) atoms. The third-order valence-electron chi connectivity index (χ3n) is 4.02. The lowest BCUT2D eigenvalue weighted by atomic mass is 9.82. The van der Waals surface area contributed by atoms with Gasteiger partial charge in [-0.25, -0.2) is 0 Å². The van der Waals surface area contributed by atoms with Crippen molar-refractivity contribution in [1.82, 2.24) is 10.1 Å². The van der Waals surface area contributed by atoms with Crippen LogP contribution in [0.15, 0.2) is 22.7 Å². The SMILES string of the molecule is CC1CCCC(c2noc(-c3ccc(O)c(N)c3)n2)C1. The first-order valence-corrected chi connectivity index (χ1v) is 7.06. The van der Waals surface area contributed by atoms with Gasteiger partial charge < -0.3 is 15.4 Å². The van der Waals surface area contributed by atoms with Gasteiger partial charge in [-0.2, -0.15) is 4.98 Å². The molecule has 2 atom stereocenters. The van der Waals surface area contributed by atoms with Gasteiger partial charge in [0.1, 0.15) is 5.75 Å². The second-order valence-corrected chi connectivity index (χ2v) is 5.70. The van der Waals surface area contributed by atoms with Crippen molar-refractivity contribution in [1.29, 1.82) is 0 Å². The van der Waals surface area contributed by atoms with Gasteiger partial charge in [0.15, 0.2) is 5.82 Å². The number of aromatic nitrogens is 2. The number of hydrogen-bond acceptors (Lipinski definition) is 5. The molecular formula is C15H19N3O2. The number of nitrogens with zero attached hydrogens (tertiary/aromatic N) is 2.